The van der Waals surface area contributed by atoms with Crippen molar-refractivity contribution in [2.24, 2.45) is 0 Å². The van der Waals surface area contributed by atoms with E-state index in [0.29, 0.717) is 30.4 Å². The summed E-state index contributed by atoms with van der Waals surface area (Å²) in [6, 6.07) is 3.80. The third kappa shape index (κ3) is 4.54. The highest BCUT2D eigenvalue weighted by atomic mass is 32.2. The molecule has 7 nitrogen and oxygen atoms in total. The first-order valence-corrected chi connectivity index (χ1v) is 8.44. The van der Waals surface area contributed by atoms with Gasteiger partial charge in [-0.1, -0.05) is 0 Å². The number of aromatic nitrogens is 4. The van der Waals surface area contributed by atoms with Crippen LogP contribution in [0, 0.1) is 13.8 Å². The van der Waals surface area contributed by atoms with Crippen molar-refractivity contribution in [3.8, 4) is 11.4 Å². The molecule has 2 aromatic rings. The van der Waals surface area contributed by atoms with Crippen molar-refractivity contribution in [3.63, 3.8) is 0 Å². The van der Waals surface area contributed by atoms with Crippen molar-refractivity contribution in [2.75, 3.05) is 12.9 Å². The van der Waals surface area contributed by atoms with E-state index in [9.17, 15) is 8.42 Å². The average molecular weight is 323 g/mol. The van der Waals surface area contributed by atoms with Gasteiger partial charge in [-0.2, -0.15) is 8.42 Å². The van der Waals surface area contributed by atoms with Gasteiger partial charge >= 0.3 is 0 Å². The highest BCUT2D eigenvalue weighted by Gasteiger charge is 2.11. The first-order chi connectivity index (χ1) is 10.4. The largest absolute Gasteiger partial charge is 0.273 e. The second-order valence-corrected chi connectivity index (χ2v) is 6.72. The van der Waals surface area contributed by atoms with E-state index in [1.54, 1.807) is 0 Å². The molecule has 0 saturated heterocycles. The molecular weight excluding hydrogens is 304 g/mol. The minimum Gasteiger partial charge on any atom is -0.273 e. The molecule has 0 aliphatic carbocycles. The van der Waals surface area contributed by atoms with Crippen molar-refractivity contribution in [2.45, 2.75) is 26.8 Å². The lowest BCUT2D eigenvalue weighted by molar-refractivity contribution is -0.696. The van der Waals surface area contributed by atoms with Crippen molar-refractivity contribution in [1.29, 1.82) is 0 Å². The number of pyridine rings is 1. The molecule has 0 N–H and O–H groups in total. The summed E-state index contributed by atoms with van der Waals surface area (Å²) < 4.78 is 28.8. The fourth-order valence-corrected chi connectivity index (χ4v) is 2.66. The quantitative estimate of drug-likeness (QED) is 0.577. The highest BCUT2D eigenvalue weighted by Crippen LogP contribution is 2.12. The van der Waals surface area contributed by atoms with E-state index in [2.05, 4.69) is 19.1 Å². The SMILES string of the molecule is COS(=O)(=O)CCC[n+]1ccc(-c2nc(C)nc(C)n2)cc1. The van der Waals surface area contributed by atoms with Crippen LogP contribution in [0.2, 0.25) is 0 Å². The van der Waals surface area contributed by atoms with Crippen LogP contribution in [0.25, 0.3) is 11.4 Å². The number of aryl methyl sites for hydroxylation is 3. The monoisotopic (exact) mass is 323 g/mol. The summed E-state index contributed by atoms with van der Waals surface area (Å²) in [5, 5.41) is 0. The molecule has 0 bridgehead atoms. The summed E-state index contributed by atoms with van der Waals surface area (Å²) in [6.45, 7) is 4.26. The summed E-state index contributed by atoms with van der Waals surface area (Å²) in [7, 11) is -2.21. The Morgan fingerprint density at radius 2 is 1.68 bits per heavy atom. The molecule has 2 heterocycles. The van der Waals surface area contributed by atoms with E-state index in [-0.39, 0.29) is 5.75 Å². The Morgan fingerprint density at radius 1 is 1.09 bits per heavy atom. The van der Waals surface area contributed by atoms with Crippen molar-refractivity contribution in [1.82, 2.24) is 15.0 Å². The molecular formula is C14H19N4O3S+. The van der Waals surface area contributed by atoms with Crippen LogP contribution in [-0.2, 0) is 20.8 Å². The zero-order chi connectivity index (χ0) is 16.2. The fraction of sp³-hybridized carbons (Fsp3) is 0.429. The van der Waals surface area contributed by atoms with Gasteiger partial charge in [0.2, 0.25) is 0 Å². The lowest BCUT2D eigenvalue weighted by Crippen LogP contribution is -2.33. The van der Waals surface area contributed by atoms with Gasteiger partial charge < -0.3 is 0 Å². The molecule has 0 saturated carbocycles. The number of rotatable bonds is 6. The Kier molecular flexibility index (Phi) is 5.15. The van der Waals surface area contributed by atoms with Crippen molar-refractivity contribution in [3.05, 3.63) is 36.2 Å². The van der Waals surface area contributed by atoms with Gasteiger partial charge in [-0.3, -0.25) is 4.18 Å². The van der Waals surface area contributed by atoms with Gasteiger partial charge in [0.05, 0.1) is 12.9 Å². The number of nitrogens with zero attached hydrogens (tertiary/aromatic N) is 4. The van der Waals surface area contributed by atoms with Gasteiger partial charge in [0.1, 0.15) is 18.2 Å². The maximum absolute atomic E-state index is 11.2. The zero-order valence-electron chi connectivity index (χ0n) is 12.9. The van der Waals surface area contributed by atoms with Crippen molar-refractivity contribution < 1.29 is 17.2 Å². The topological polar surface area (TPSA) is 85.9 Å². The van der Waals surface area contributed by atoms with E-state index < -0.39 is 10.1 Å². The van der Waals surface area contributed by atoms with Crippen molar-refractivity contribution >= 4 is 10.1 Å². The molecule has 0 spiro atoms. The maximum atomic E-state index is 11.2. The summed E-state index contributed by atoms with van der Waals surface area (Å²) in [6.07, 6.45) is 4.25. The van der Waals surface area contributed by atoms with Crippen LogP contribution < -0.4 is 4.57 Å². The van der Waals surface area contributed by atoms with Crippen LogP contribution in [0.1, 0.15) is 18.1 Å². The first kappa shape index (κ1) is 16.4. The van der Waals surface area contributed by atoms with Gasteiger partial charge in [0.25, 0.3) is 10.1 Å². The third-order valence-corrected chi connectivity index (χ3v) is 4.37. The highest BCUT2D eigenvalue weighted by molar-refractivity contribution is 7.86. The molecule has 0 amide bonds. The second kappa shape index (κ2) is 6.89. The van der Waals surface area contributed by atoms with E-state index in [1.165, 1.54) is 7.11 Å². The molecule has 2 aromatic heterocycles. The first-order valence-electron chi connectivity index (χ1n) is 6.87. The van der Waals surface area contributed by atoms with Crippen LogP contribution in [0.15, 0.2) is 24.5 Å². The summed E-state index contributed by atoms with van der Waals surface area (Å²) in [4.78, 5) is 12.8. The normalized spacial score (nSPS) is 11.6. The van der Waals surface area contributed by atoms with Crippen LogP contribution in [0.4, 0.5) is 0 Å². The van der Waals surface area contributed by atoms with Gasteiger partial charge in [0.15, 0.2) is 18.2 Å². The Balaban J connectivity index is 2.04. The molecule has 22 heavy (non-hydrogen) atoms. The predicted octanol–water partition coefficient (Wildman–Crippen LogP) is 0.809. The fourth-order valence-electron chi connectivity index (χ4n) is 2.01. The molecule has 0 atom stereocenters. The molecule has 0 fully saturated rings. The van der Waals surface area contributed by atoms with E-state index in [4.69, 9.17) is 0 Å². The molecule has 0 unspecified atom stereocenters. The zero-order valence-corrected chi connectivity index (χ0v) is 13.7. The summed E-state index contributed by atoms with van der Waals surface area (Å²) in [5.41, 5.74) is 0.898. The average Bonchev–Trinajstić information content (AvgIpc) is 2.47. The predicted molar refractivity (Wildman–Crippen MR) is 80.3 cm³/mol. The van der Waals surface area contributed by atoms with Gasteiger partial charge in [0, 0.05) is 24.1 Å². The molecule has 0 aliphatic rings. The molecule has 118 valence electrons. The van der Waals surface area contributed by atoms with E-state index >= 15 is 0 Å². The smallest absolute Gasteiger partial charge is 0.267 e. The van der Waals surface area contributed by atoms with Gasteiger partial charge in [-0.15, -0.1) is 0 Å². The van der Waals surface area contributed by atoms with E-state index in [0.717, 1.165) is 5.56 Å². The third-order valence-electron chi connectivity index (χ3n) is 3.07. The number of hydrogen-bond donors (Lipinski definition) is 0. The lowest BCUT2D eigenvalue weighted by Gasteiger charge is -2.02. The molecule has 0 aliphatic heterocycles. The molecule has 0 aromatic carbocycles. The molecule has 8 heteroatoms. The second-order valence-electron chi connectivity index (χ2n) is 4.86. The van der Waals surface area contributed by atoms with Crippen LogP contribution in [-0.4, -0.2) is 36.2 Å². The van der Waals surface area contributed by atoms with Crippen LogP contribution in [0.5, 0.6) is 0 Å². The molecule has 0 radical (unpaired) electrons. The Bertz CT molecular complexity index is 725. The molecule has 2 rings (SSSR count). The Labute approximate surface area is 130 Å². The van der Waals surface area contributed by atoms with Gasteiger partial charge in [-0.05, 0) is 13.8 Å². The lowest BCUT2D eigenvalue weighted by atomic mass is 10.2. The van der Waals surface area contributed by atoms with Gasteiger partial charge in [-0.25, -0.2) is 19.5 Å². The maximum Gasteiger partial charge on any atom is 0.267 e. The minimum atomic E-state index is -3.39. The summed E-state index contributed by atoms with van der Waals surface area (Å²) >= 11 is 0. The summed E-state index contributed by atoms with van der Waals surface area (Å²) in [5.74, 6) is 2.01. The number of hydrogen-bond acceptors (Lipinski definition) is 6. The Hall–Kier alpha value is -1.93. The Morgan fingerprint density at radius 3 is 2.23 bits per heavy atom. The van der Waals surface area contributed by atoms with Crippen LogP contribution >= 0.6 is 0 Å². The van der Waals surface area contributed by atoms with E-state index in [1.807, 2.05) is 42.9 Å². The van der Waals surface area contributed by atoms with Crippen LogP contribution in [0.3, 0.4) is 0 Å². The minimum absolute atomic E-state index is 0.00407. The standard InChI is InChI=1S/C14H19N4O3S/c1-11-15-12(2)17-14(16-11)13-5-8-18(9-6-13)7-4-10-22(19,20)21-3/h5-6,8-9H,4,7,10H2,1-3H3/q+1.